The van der Waals surface area contributed by atoms with Crippen molar-refractivity contribution in [3.63, 3.8) is 0 Å². The molecule has 0 heterocycles. The van der Waals surface area contributed by atoms with E-state index in [1.807, 2.05) is 121 Å². The summed E-state index contributed by atoms with van der Waals surface area (Å²) in [7, 11) is 0. The minimum atomic E-state index is -0.771. The molecule has 0 N–H and O–H groups in total. The number of carbonyl (C=O) groups is 2. The number of carbonyl (C=O) groups excluding carboxylic acids is 2. The summed E-state index contributed by atoms with van der Waals surface area (Å²) in [6.45, 7) is 0.298. The first-order valence-electron chi connectivity index (χ1n) is 11.6. The van der Waals surface area contributed by atoms with E-state index in [9.17, 15) is 9.59 Å². The van der Waals surface area contributed by atoms with E-state index in [2.05, 4.69) is 10.2 Å². The van der Waals surface area contributed by atoms with Gasteiger partial charge in [-0.2, -0.15) is 10.2 Å². The van der Waals surface area contributed by atoms with Crippen molar-refractivity contribution in [2.45, 2.75) is 13.1 Å². The number of rotatable bonds is 8. The van der Waals surface area contributed by atoms with Gasteiger partial charge in [0.15, 0.2) is 0 Å². The Morgan fingerprint density at radius 3 is 1.14 bits per heavy atom. The number of hydrogen-bond donors (Lipinski definition) is 0. The molecule has 0 spiro atoms. The van der Waals surface area contributed by atoms with Crippen LogP contribution in [0, 0.1) is 0 Å². The molecule has 6 heteroatoms. The fraction of sp³-hybridized carbons (Fsp3) is 0.0667. The number of benzene rings is 4. The summed E-state index contributed by atoms with van der Waals surface area (Å²) >= 11 is 0. The molecule has 6 nitrogen and oxygen atoms in total. The Balaban J connectivity index is 1.61. The summed E-state index contributed by atoms with van der Waals surface area (Å²) in [6.07, 6.45) is 3.14. The van der Waals surface area contributed by atoms with Crippen molar-refractivity contribution in [1.29, 1.82) is 0 Å². The monoisotopic (exact) mass is 474 g/mol. The average molecular weight is 475 g/mol. The molecule has 0 saturated carbocycles. The Morgan fingerprint density at radius 1 is 0.500 bits per heavy atom. The molecule has 178 valence electrons. The molecule has 0 radical (unpaired) electrons. The summed E-state index contributed by atoms with van der Waals surface area (Å²) < 4.78 is 0. The summed E-state index contributed by atoms with van der Waals surface area (Å²) in [5, 5.41) is 11.1. The molecule has 0 aliphatic heterocycles. The standard InChI is InChI=1S/C30H26N4O2/c35-29(33(23-27-17-9-3-10-18-27)31-21-25-13-5-1-6-14-25)30(36)34(24-28-19-11-4-12-20-28)32-22-26-15-7-2-8-16-26/h1-22H,23-24H2. The van der Waals surface area contributed by atoms with Crippen LogP contribution in [0.1, 0.15) is 22.3 Å². The second-order valence-electron chi connectivity index (χ2n) is 8.01. The van der Waals surface area contributed by atoms with E-state index in [0.717, 1.165) is 22.3 Å². The highest BCUT2D eigenvalue weighted by Gasteiger charge is 2.27. The van der Waals surface area contributed by atoms with Crippen LogP contribution in [0.15, 0.2) is 132 Å². The number of amides is 2. The Kier molecular flexibility index (Phi) is 8.48. The molecule has 0 aliphatic carbocycles. The van der Waals surface area contributed by atoms with Crippen LogP contribution in [0.4, 0.5) is 0 Å². The van der Waals surface area contributed by atoms with E-state index in [1.165, 1.54) is 10.0 Å². The molecule has 4 aromatic carbocycles. The molecule has 36 heavy (non-hydrogen) atoms. The van der Waals surface area contributed by atoms with Crippen LogP contribution in [0.3, 0.4) is 0 Å². The van der Waals surface area contributed by atoms with Gasteiger partial charge in [-0.25, -0.2) is 10.0 Å². The van der Waals surface area contributed by atoms with E-state index in [1.54, 1.807) is 12.4 Å². The predicted octanol–water partition coefficient (Wildman–Crippen LogP) is 5.11. The van der Waals surface area contributed by atoms with Gasteiger partial charge in [0.05, 0.1) is 25.5 Å². The molecule has 0 aliphatic rings. The summed E-state index contributed by atoms with van der Waals surface area (Å²) in [5.41, 5.74) is 3.34. The molecule has 0 fully saturated rings. The molecule has 4 aromatic rings. The third-order valence-electron chi connectivity index (χ3n) is 5.29. The number of hydrogen-bond acceptors (Lipinski definition) is 4. The van der Waals surface area contributed by atoms with Crippen LogP contribution in [0.25, 0.3) is 0 Å². The lowest BCUT2D eigenvalue weighted by Gasteiger charge is -2.21. The molecule has 4 rings (SSSR count). The van der Waals surface area contributed by atoms with Gasteiger partial charge in [0.25, 0.3) is 0 Å². The third-order valence-corrected chi connectivity index (χ3v) is 5.29. The Bertz CT molecular complexity index is 1200. The maximum absolute atomic E-state index is 13.5. The molecule has 0 aromatic heterocycles. The first-order valence-corrected chi connectivity index (χ1v) is 11.6. The predicted molar refractivity (Wildman–Crippen MR) is 142 cm³/mol. The quantitative estimate of drug-likeness (QED) is 0.202. The lowest BCUT2D eigenvalue weighted by atomic mass is 10.2. The van der Waals surface area contributed by atoms with Gasteiger partial charge in [-0.1, -0.05) is 121 Å². The maximum Gasteiger partial charge on any atom is 0.334 e. The third kappa shape index (κ3) is 7.08. The first kappa shape index (κ1) is 24.3. The molecular formula is C30H26N4O2. The number of nitrogens with zero attached hydrogens (tertiary/aromatic N) is 4. The lowest BCUT2D eigenvalue weighted by molar-refractivity contribution is -0.152. The second-order valence-corrected chi connectivity index (χ2v) is 8.01. The average Bonchev–Trinajstić information content (AvgIpc) is 2.94. The van der Waals surface area contributed by atoms with Crippen molar-refractivity contribution in [2.24, 2.45) is 10.2 Å². The van der Waals surface area contributed by atoms with Crippen LogP contribution in [-0.4, -0.2) is 34.3 Å². The fourth-order valence-electron chi connectivity index (χ4n) is 3.41. The summed E-state index contributed by atoms with van der Waals surface area (Å²) in [5.74, 6) is -1.54. The molecule has 0 bridgehead atoms. The van der Waals surface area contributed by atoms with Gasteiger partial charge in [-0.05, 0) is 22.3 Å². The van der Waals surface area contributed by atoms with Crippen molar-refractivity contribution in [3.8, 4) is 0 Å². The zero-order valence-corrected chi connectivity index (χ0v) is 19.7. The summed E-state index contributed by atoms with van der Waals surface area (Å²) in [6, 6.07) is 37.7. The van der Waals surface area contributed by atoms with Gasteiger partial charge >= 0.3 is 11.8 Å². The second kappa shape index (κ2) is 12.6. The van der Waals surface area contributed by atoms with Crippen LogP contribution < -0.4 is 0 Å². The van der Waals surface area contributed by atoms with Gasteiger partial charge in [0.2, 0.25) is 0 Å². The van der Waals surface area contributed by atoms with E-state index in [0.29, 0.717) is 0 Å². The van der Waals surface area contributed by atoms with Crippen molar-refractivity contribution in [3.05, 3.63) is 144 Å². The Morgan fingerprint density at radius 2 is 0.806 bits per heavy atom. The molecule has 0 saturated heterocycles. The largest absolute Gasteiger partial charge is 0.334 e. The Hall–Kier alpha value is -4.84. The van der Waals surface area contributed by atoms with E-state index in [-0.39, 0.29) is 13.1 Å². The van der Waals surface area contributed by atoms with Crippen LogP contribution in [0.2, 0.25) is 0 Å². The van der Waals surface area contributed by atoms with Crippen molar-refractivity contribution < 1.29 is 9.59 Å². The Labute approximate surface area is 210 Å². The fourth-order valence-corrected chi connectivity index (χ4v) is 3.41. The maximum atomic E-state index is 13.5. The minimum absolute atomic E-state index is 0.149. The SMILES string of the molecule is O=C(C(=O)N(Cc1ccccc1)N=Cc1ccccc1)N(Cc1ccccc1)N=Cc1ccccc1. The minimum Gasteiger partial charge on any atom is -0.261 e. The molecule has 0 unspecified atom stereocenters. The molecular weight excluding hydrogens is 448 g/mol. The number of hydrazone groups is 2. The molecule has 0 atom stereocenters. The topological polar surface area (TPSA) is 65.3 Å². The van der Waals surface area contributed by atoms with Gasteiger partial charge < -0.3 is 0 Å². The highest BCUT2D eigenvalue weighted by Crippen LogP contribution is 2.11. The van der Waals surface area contributed by atoms with E-state index < -0.39 is 11.8 Å². The van der Waals surface area contributed by atoms with Gasteiger partial charge in [-0.3, -0.25) is 9.59 Å². The van der Waals surface area contributed by atoms with Crippen molar-refractivity contribution >= 4 is 24.2 Å². The van der Waals surface area contributed by atoms with Crippen LogP contribution >= 0.6 is 0 Å². The molecule has 2 amide bonds. The summed E-state index contributed by atoms with van der Waals surface area (Å²) in [4.78, 5) is 26.9. The highest BCUT2D eigenvalue weighted by molar-refractivity contribution is 6.34. The normalized spacial score (nSPS) is 11.0. The van der Waals surface area contributed by atoms with E-state index >= 15 is 0 Å². The highest BCUT2D eigenvalue weighted by atomic mass is 16.2. The van der Waals surface area contributed by atoms with Crippen LogP contribution in [0.5, 0.6) is 0 Å². The van der Waals surface area contributed by atoms with Crippen molar-refractivity contribution in [2.75, 3.05) is 0 Å². The zero-order chi connectivity index (χ0) is 25.0. The van der Waals surface area contributed by atoms with Crippen LogP contribution in [-0.2, 0) is 22.7 Å². The van der Waals surface area contributed by atoms with Gasteiger partial charge in [-0.15, -0.1) is 0 Å². The van der Waals surface area contributed by atoms with Gasteiger partial charge in [0.1, 0.15) is 0 Å². The zero-order valence-electron chi connectivity index (χ0n) is 19.7. The van der Waals surface area contributed by atoms with E-state index in [4.69, 9.17) is 0 Å². The van der Waals surface area contributed by atoms with Gasteiger partial charge in [0, 0.05) is 0 Å². The van der Waals surface area contributed by atoms with Crippen molar-refractivity contribution in [1.82, 2.24) is 10.0 Å². The first-order chi connectivity index (χ1) is 17.7. The lowest BCUT2D eigenvalue weighted by Crippen LogP contribution is -2.40. The smallest absolute Gasteiger partial charge is 0.261 e.